The molecule has 0 saturated heterocycles. The minimum atomic E-state index is -0.298. The monoisotopic (exact) mass is 406 g/mol. The van der Waals surface area contributed by atoms with Crippen molar-refractivity contribution in [1.29, 1.82) is 0 Å². The van der Waals surface area contributed by atoms with Crippen molar-refractivity contribution in [2.75, 3.05) is 16.8 Å². The molecule has 0 saturated carbocycles. The molecule has 0 bridgehead atoms. The highest BCUT2D eigenvalue weighted by Gasteiger charge is 2.24. The van der Waals surface area contributed by atoms with E-state index in [0.717, 1.165) is 30.5 Å². The highest BCUT2D eigenvalue weighted by molar-refractivity contribution is 7.10. The highest BCUT2D eigenvalue weighted by atomic mass is 32.1. The molecular formula is C23H22N2O3S. The molecule has 2 N–H and O–H groups in total. The number of nitrogens with one attached hydrogen (secondary N) is 1. The summed E-state index contributed by atoms with van der Waals surface area (Å²) in [4.78, 5) is 28.6. The normalized spacial score (nSPS) is 13.5. The summed E-state index contributed by atoms with van der Waals surface area (Å²) < 4.78 is 0. The quantitative estimate of drug-likeness (QED) is 0.602. The molecule has 0 radical (unpaired) electrons. The van der Waals surface area contributed by atoms with Gasteiger partial charge >= 0.3 is 0 Å². The van der Waals surface area contributed by atoms with Crippen molar-refractivity contribution < 1.29 is 14.7 Å². The second kappa shape index (κ2) is 8.09. The molecule has 148 valence electrons. The van der Waals surface area contributed by atoms with E-state index in [1.165, 1.54) is 10.9 Å². The predicted molar refractivity (Wildman–Crippen MR) is 116 cm³/mol. The van der Waals surface area contributed by atoms with Crippen LogP contribution in [0.4, 0.5) is 11.4 Å². The summed E-state index contributed by atoms with van der Waals surface area (Å²) in [6, 6.07) is 13.9. The lowest BCUT2D eigenvalue weighted by atomic mass is 10.1. The van der Waals surface area contributed by atoms with E-state index < -0.39 is 0 Å². The van der Waals surface area contributed by atoms with Gasteiger partial charge in [-0.1, -0.05) is 18.2 Å². The molecule has 1 aliphatic rings. The Morgan fingerprint density at radius 1 is 1.10 bits per heavy atom. The summed E-state index contributed by atoms with van der Waals surface area (Å²) in [6.07, 6.45) is 3.00. The minimum absolute atomic E-state index is 0.127. The molecule has 0 fully saturated rings. The summed E-state index contributed by atoms with van der Waals surface area (Å²) in [5, 5.41) is 15.2. The van der Waals surface area contributed by atoms with E-state index in [4.69, 9.17) is 0 Å². The number of hydrogen-bond acceptors (Lipinski definition) is 4. The van der Waals surface area contributed by atoms with Gasteiger partial charge in [0.05, 0.1) is 11.4 Å². The zero-order valence-corrected chi connectivity index (χ0v) is 17.0. The first-order valence-electron chi connectivity index (χ1n) is 9.63. The zero-order valence-electron chi connectivity index (χ0n) is 16.1. The molecule has 4 rings (SSSR count). The molecule has 2 heterocycles. The molecule has 0 spiro atoms. The van der Waals surface area contributed by atoms with Gasteiger partial charge in [0.2, 0.25) is 0 Å². The van der Waals surface area contributed by atoms with Gasteiger partial charge in [0, 0.05) is 22.5 Å². The molecule has 2 aromatic carbocycles. The van der Waals surface area contributed by atoms with Crippen molar-refractivity contribution in [3.05, 3.63) is 75.5 Å². The second-order valence-electron chi connectivity index (χ2n) is 7.14. The van der Waals surface area contributed by atoms with Gasteiger partial charge in [-0.2, -0.15) is 0 Å². The van der Waals surface area contributed by atoms with Crippen molar-refractivity contribution in [2.24, 2.45) is 0 Å². The number of aryl methyl sites for hydroxylation is 2. The van der Waals surface area contributed by atoms with Crippen molar-refractivity contribution in [3.63, 3.8) is 0 Å². The molecule has 0 aliphatic carbocycles. The lowest BCUT2D eigenvalue weighted by Crippen LogP contribution is -2.31. The first-order chi connectivity index (χ1) is 14.0. The molecule has 5 nitrogen and oxygen atoms in total. The maximum absolute atomic E-state index is 13.1. The van der Waals surface area contributed by atoms with Crippen LogP contribution in [-0.4, -0.2) is 23.5 Å². The number of hydrogen-bond donors (Lipinski definition) is 2. The Bertz CT molecular complexity index is 1070. The fraction of sp³-hybridized carbons (Fsp3) is 0.217. The fourth-order valence-corrected chi connectivity index (χ4v) is 4.51. The average molecular weight is 407 g/mol. The number of nitrogens with zero attached hydrogens (tertiary/aromatic N) is 1. The Balaban J connectivity index is 1.55. The molecule has 0 unspecified atom stereocenters. The van der Waals surface area contributed by atoms with Crippen LogP contribution in [0.5, 0.6) is 5.75 Å². The Labute approximate surface area is 173 Å². The molecule has 3 aromatic rings. The Kier molecular flexibility index (Phi) is 5.36. The molecular weight excluding hydrogens is 384 g/mol. The third-order valence-electron chi connectivity index (χ3n) is 5.18. The first kappa shape index (κ1) is 19.2. The number of phenolic OH excluding ortho intramolecular Hbond substituents is 1. The maximum Gasteiger partial charge on any atom is 0.258 e. The summed E-state index contributed by atoms with van der Waals surface area (Å²) in [6.45, 7) is 2.52. The SMILES string of the molecule is Cc1ccccc1C(=O)Nc1ccc(C(=O)N2CCCCc3sccc32)cc1O. The van der Waals surface area contributed by atoms with Crippen LogP contribution in [0.1, 0.15) is 44.0 Å². The van der Waals surface area contributed by atoms with Crippen molar-refractivity contribution >= 4 is 34.5 Å². The molecule has 29 heavy (non-hydrogen) atoms. The van der Waals surface area contributed by atoms with E-state index in [9.17, 15) is 14.7 Å². The minimum Gasteiger partial charge on any atom is -0.506 e. The Morgan fingerprint density at radius 2 is 1.93 bits per heavy atom. The van der Waals surface area contributed by atoms with Crippen LogP contribution in [0.2, 0.25) is 0 Å². The standard InChI is InChI=1S/C23H22N2O3S/c1-15-6-2-3-7-17(15)22(27)24-18-10-9-16(14-20(18)26)23(28)25-12-5-4-8-21-19(25)11-13-29-21/h2-3,6-7,9-11,13-14,26H,4-5,8,12H2,1H3,(H,24,27). The number of anilines is 2. The number of phenols is 1. The third kappa shape index (κ3) is 3.89. The van der Waals surface area contributed by atoms with Crippen LogP contribution in [0.25, 0.3) is 0 Å². The van der Waals surface area contributed by atoms with E-state index in [1.807, 2.05) is 30.5 Å². The van der Waals surface area contributed by atoms with Gasteiger partial charge in [-0.15, -0.1) is 11.3 Å². The average Bonchev–Trinajstić information content (AvgIpc) is 3.08. The summed E-state index contributed by atoms with van der Waals surface area (Å²) in [5.41, 5.74) is 3.04. The predicted octanol–water partition coefficient (Wildman–Crippen LogP) is 5.00. The number of fused-ring (bicyclic) bond motifs is 1. The van der Waals surface area contributed by atoms with E-state index in [1.54, 1.807) is 40.5 Å². The first-order valence-corrected chi connectivity index (χ1v) is 10.5. The topological polar surface area (TPSA) is 69.6 Å². The number of carbonyl (C=O) groups excluding carboxylic acids is 2. The van der Waals surface area contributed by atoms with Gasteiger partial charge in [-0.05, 0) is 67.5 Å². The van der Waals surface area contributed by atoms with Gasteiger partial charge in [-0.3, -0.25) is 9.59 Å². The number of amides is 2. The number of aromatic hydroxyl groups is 1. The molecule has 6 heteroatoms. The molecule has 0 atom stereocenters. The summed E-state index contributed by atoms with van der Waals surface area (Å²) in [7, 11) is 0. The lowest BCUT2D eigenvalue weighted by molar-refractivity contribution is 0.0985. The molecule has 1 aromatic heterocycles. The van der Waals surface area contributed by atoms with E-state index in [0.29, 0.717) is 17.7 Å². The van der Waals surface area contributed by atoms with Crippen LogP contribution in [0.3, 0.4) is 0 Å². The smallest absolute Gasteiger partial charge is 0.258 e. The maximum atomic E-state index is 13.1. The van der Waals surface area contributed by atoms with Crippen LogP contribution < -0.4 is 10.2 Å². The van der Waals surface area contributed by atoms with Gasteiger partial charge < -0.3 is 15.3 Å². The van der Waals surface area contributed by atoms with Crippen LogP contribution in [0, 0.1) is 6.92 Å². The van der Waals surface area contributed by atoms with Gasteiger partial charge in [0.15, 0.2) is 0 Å². The van der Waals surface area contributed by atoms with Gasteiger partial charge in [-0.25, -0.2) is 0 Å². The largest absolute Gasteiger partial charge is 0.506 e. The van der Waals surface area contributed by atoms with Gasteiger partial charge in [0.25, 0.3) is 11.8 Å². The Hall–Kier alpha value is -3.12. The van der Waals surface area contributed by atoms with Crippen molar-refractivity contribution in [1.82, 2.24) is 0 Å². The van der Waals surface area contributed by atoms with E-state index >= 15 is 0 Å². The lowest BCUT2D eigenvalue weighted by Gasteiger charge is -2.21. The van der Waals surface area contributed by atoms with Crippen LogP contribution >= 0.6 is 11.3 Å². The number of thiophene rings is 1. The van der Waals surface area contributed by atoms with E-state index in [-0.39, 0.29) is 23.3 Å². The summed E-state index contributed by atoms with van der Waals surface area (Å²) in [5.74, 6) is -0.565. The number of benzene rings is 2. The second-order valence-corrected chi connectivity index (χ2v) is 8.14. The van der Waals surface area contributed by atoms with Crippen LogP contribution in [0.15, 0.2) is 53.9 Å². The summed E-state index contributed by atoms with van der Waals surface area (Å²) >= 11 is 1.68. The number of carbonyl (C=O) groups is 2. The highest BCUT2D eigenvalue weighted by Crippen LogP contribution is 2.33. The Morgan fingerprint density at radius 3 is 2.72 bits per heavy atom. The molecule has 1 aliphatic heterocycles. The van der Waals surface area contributed by atoms with Crippen molar-refractivity contribution in [2.45, 2.75) is 26.2 Å². The molecule has 2 amide bonds. The van der Waals surface area contributed by atoms with E-state index in [2.05, 4.69) is 5.32 Å². The fourth-order valence-electron chi connectivity index (χ4n) is 3.59. The van der Waals surface area contributed by atoms with Crippen molar-refractivity contribution in [3.8, 4) is 5.75 Å². The van der Waals surface area contributed by atoms with Gasteiger partial charge in [0.1, 0.15) is 5.75 Å². The zero-order chi connectivity index (χ0) is 20.4. The van der Waals surface area contributed by atoms with Crippen LogP contribution in [-0.2, 0) is 6.42 Å². The third-order valence-corrected chi connectivity index (χ3v) is 6.15. The number of rotatable bonds is 3.